The zero-order valence-electron chi connectivity index (χ0n) is 14.4. The number of thiazole rings is 1. The lowest BCUT2D eigenvalue weighted by molar-refractivity contribution is 0.337. The highest BCUT2D eigenvalue weighted by Crippen LogP contribution is 2.29. The molecule has 0 aliphatic carbocycles. The van der Waals surface area contributed by atoms with Crippen molar-refractivity contribution in [3.63, 3.8) is 0 Å². The van der Waals surface area contributed by atoms with E-state index in [4.69, 9.17) is 4.98 Å². The molecule has 1 unspecified atom stereocenters. The molecule has 1 fully saturated rings. The van der Waals surface area contributed by atoms with Gasteiger partial charge in [-0.05, 0) is 54.6 Å². The topological polar surface area (TPSA) is 31.4 Å². The van der Waals surface area contributed by atoms with Crippen LogP contribution in [0, 0.1) is 6.92 Å². The Kier molecular flexibility index (Phi) is 5.28. The summed E-state index contributed by atoms with van der Waals surface area (Å²) in [5.41, 5.74) is 1.33. The Morgan fingerprint density at radius 2 is 2.05 bits per heavy atom. The quantitative estimate of drug-likeness (QED) is 0.930. The second-order valence-electron chi connectivity index (χ2n) is 7.27. The van der Waals surface area contributed by atoms with Crippen LogP contribution in [0.3, 0.4) is 0 Å². The van der Waals surface area contributed by atoms with Crippen molar-refractivity contribution in [1.29, 1.82) is 0 Å². The van der Waals surface area contributed by atoms with E-state index < -0.39 is 0 Å². The zero-order chi connectivity index (χ0) is 15.6. The van der Waals surface area contributed by atoms with Crippen LogP contribution >= 0.6 is 11.3 Å². The van der Waals surface area contributed by atoms with Crippen LogP contribution in [0.25, 0.3) is 0 Å². The molecule has 1 aliphatic rings. The predicted octanol–water partition coefficient (Wildman–Crippen LogP) is 2.87. The number of nitrogens with zero attached hydrogens (tertiary/aromatic N) is 3. The molecule has 0 bridgehead atoms. The highest BCUT2D eigenvalue weighted by Gasteiger charge is 2.23. The van der Waals surface area contributed by atoms with Crippen molar-refractivity contribution in [2.75, 3.05) is 31.6 Å². The lowest BCUT2D eigenvalue weighted by Crippen LogP contribution is -2.37. The highest BCUT2D eigenvalue weighted by molar-refractivity contribution is 7.15. The lowest BCUT2D eigenvalue weighted by Gasteiger charge is -2.27. The Bertz CT molecular complexity index is 463. The largest absolute Gasteiger partial charge is 0.344 e. The monoisotopic (exact) mass is 310 g/mol. The first-order valence-electron chi connectivity index (χ1n) is 7.93. The predicted molar refractivity (Wildman–Crippen MR) is 92.4 cm³/mol. The molecule has 5 heteroatoms. The molecule has 0 amide bonds. The molecule has 1 aliphatic heterocycles. The van der Waals surface area contributed by atoms with E-state index in [0.29, 0.717) is 6.04 Å². The molecule has 0 aromatic carbocycles. The second-order valence-corrected chi connectivity index (χ2v) is 8.33. The van der Waals surface area contributed by atoms with Crippen LogP contribution in [0.4, 0.5) is 5.13 Å². The number of nitrogens with one attached hydrogen (secondary N) is 1. The minimum absolute atomic E-state index is 0.148. The van der Waals surface area contributed by atoms with Crippen LogP contribution in [0.15, 0.2) is 0 Å². The maximum atomic E-state index is 4.84. The minimum atomic E-state index is 0.148. The fourth-order valence-electron chi connectivity index (χ4n) is 2.70. The number of rotatable bonds is 3. The van der Waals surface area contributed by atoms with E-state index in [1.165, 1.54) is 28.7 Å². The maximum absolute atomic E-state index is 4.84. The van der Waals surface area contributed by atoms with E-state index in [9.17, 15) is 0 Å². The summed E-state index contributed by atoms with van der Waals surface area (Å²) < 4.78 is 0. The average Bonchev–Trinajstić information content (AvgIpc) is 2.62. The van der Waals surface area contributed by atoms with Gasteiger partial charge in [-0.3, -0.25) is 0 Å². The average molecular weight is 311 g/mol. The van der Waals surface area contributed by atoms with Crippen molar-refractivity contribution in [1.82, 2.24) is 15.2 Å². The van der Waals surface area contributed by atoms with E-state index in [-0.39, 0.29) is 5.54 Å². The Morgan fingerprint density at radius 1 is 1.33 bits per heavy atom. The summed E-state index contributed by atoms with van der Waals surface area (Å²) in [6.45, 7) is 15.4. The number of hydrogen-bond donors (Lipinski definition) is 1. The number of anilines is 1. The highest BCUT2D eigenvalue weighted by atomic mass is 32.1. The summed E-state index contributed by atoms with van der Waals surface area (Å²) in [5.74, 6) is 0. The molecule has 120 valence electrons. The van der Waals surface area contributed by atoms with Crippen molar-refractivity contribution in [3.05, 3.63) is 10.6 Å². The summed E-state index contributed by atoms with van der Waals surface area (Å²) >= 11 is 1.85. The third-order valence-electron chi connectivity index (χ3n) is 3.95. The van der Waals surface area contributed by atoms with E-state index in [1.807, 2.05) is 11.3 Å². The van der Waals surface area contributed by atoms with Gasteiger partial charge in [-0.15, -0.1) is 11.3 Å². The van der Waals surface area contributed by atoms with Gasteiger partial charge in [-0.1, -0.05) is 0 Å². The Labute approximate surface area is 133 Å². The van der Waals surface area contributed by atoms with Gasteiger partial charge in [0.05, 0.1) is 5.69 Å². The smallest absolute Gasteiger partial charge is 0.186 e. The van der Waals surface area contributed by atoms with Gasteiger partial charge in [-0.25, -0.2) is 4.98 Å². The van der Waals surface area contributed by atoms with Gasteiger partial charge in [-0.2, -0.15) is 0 Å². The summed E-state index contributed by atoms with van der Waals surface area (Å²) in [7, 11) is 2.21. The third-order valence-corrected chi connectivity index (χ3v) is 5.15. The molecular formula is C16H30N4S. The molecule has 2 rings (SSSR count). The molecule has 0 spiro atoms. The summed E-state index contributed by atoms with van der Waals surface area (Å²) in [6, 6.07) is 0.534. The van der Waals surface area contributed by atoms with Crippen LogP contribution in [0.5, 0.6) is 0 Å². The second kappa shape index (κ2) is 6.63. The molecular weight excluding hydrogens is 280 g/mol. The summed E-state index contributed by atoms with van der Waals surface area (Å²) in [5, 5.41) is 4.76. The van der Waals surface area contributed by atoms with Gasteiger partial charge in [0.15, 0.2) is 5.13 Å². The molecule has 0 saturated carbocycles. The van der Waals surface area contributed by atoms with E-state index in [2.05, 4.69) is 56.8 Å². The Morgan fingerprint density at radius 3 is 2.71 bits per heavy atom. The molecule has 21 heavy (non-hydrogen) atoms. The molecule has 1 aromatic heterocycles. The first kappa shape index (κ1) is 16.7. The van der Waals surface area contributed by atoms with Crippen LogP contribution in [0.2, 0.25) is 0 Å². The lowest BCUT2D eigenvalue weighted by atomic mass is 10.1. The zero-order valence-corrected chi connectivity index (χ0v) is 15.2. The van der Waals surface area contributed by atoms with Crippen molar-refractivity contribution in [3.8, 4) is 0 Å². The maximum Gasteiger partial charge on any atom is 0.186 e. The number of aryl methyl sites for hydroxylation is 1. The number of aromatic nitrogens is 1. The molecule has 1 aromatic rings. The van der Waals surface area contributed by atoms with Crippen LogP contribution in [0.1, 0.15) is 44.7 Å². The molecule has 2 heterocycles. The first-order chi connectivity index (χ1) is 9.76. The third kappa shape index (κ3) is 4.66. The van der Waals surface area contributed by atoms with Gasteiger partial charge >= 0.3 is 0 Å². The van der Waals surface area contributed by atoms with Crippen LogP contribution < -0.4 is 10.2 Å². The Hall–Kier alpha value is -0.650. The van der Waals surface area contributed by atoms with Crippen molar-refractivity contribution in [2.24, 2.45) is 0 Å². The standard InChI is InChI=1S/C16H30N4S/c1-12-11-19(6)8-7-9-20(12)15-18-13(2)14(21-15)10-17-16(3,4)5/h12,17H,7-11H2,1-6H3. The van der Waals surface area contributed by atoms with Gasteiger partial charge in [0, 0.05) is 36.1 Å². The molecule has 4 nitrogen and oxygen atoms in total. The van der Waals surface area contributed by atoms with E-state index in [0.717, 1.165) is 19.6 Å². The SMILES string of the molecule is Cc1nc(N2CCCN(C)CC2C)sc1CNC(C)(C)C. The molecule has 0 radical (unpaired) electrons. The minimum Gasteiger partial charge on any atom is -0.344 e. The number of hydrogen-bond acceptors (Lipinski definition) is 5. The molecule has 1 saturated heterocycles. The fourth-order valence-corrected chi connectivity index (χ4v) is 3.83. The van der Waals surface area contributed by atoms with Crippen molar-refractivity contribution < 1.29 is 0 Å². The molecule has 1 atom stereocenters. The van der Waals surface area contributed by atoms with Crippen LogP contribution in [-0.4, -0.2) is 48.1 Å². The fraction of sp³-hybridized carbons (Fsp3) is 0.812. The summed E-state index contributed by atoms with van der Waals surface area (Å²) in [4.78, 5) is 11.1. The van der Waals surface area contributed by atoms with Gasteiger partial charge in [0.1, 0.15) is 0 Å². The van der Waals surface area contributed by atoms with Gasteiger partial charge in [0.2, 0.25) is 0 Å². The molecule has 1 N–H and O–H groups in total. The van der Waals surface area contributed by atoms with Gasteiger partial charge < -0.3 is 15.1 Å². The van der Waals surface area contributed by atoms with Crippen molar-refractivity contribution >= 4 is 16.5 Å². The Balaban J connectivity index is 2.10. The normalized spacial score (nSPS) is 21.6. The van der Waals surface area contributed by atoms with E-state index >= 15 is 0 Å². The summed E-state index contributed by atoms with van der Waals surface area (Å²) in [6.07, 6.45) is 1.22. The first-order valence-corrected chi connectivity index (χ1v) is 8.74. The van der Waals surface area contributed by atoms with Crippen molar-refractivity contribution in [2.45, 2.75) is 59.2 Å². The van der Waals surface area contributed by atoms with Crippen LogP contribution in [-0.2, 0) is 6.54 Å². The van der Waals surface area contributed by atoms with Gasteiger partial charge in [0.25, 0.3) is 0 Å². The number of likely N-dealkylation sites (N-methyl/N-ethyl adjacent to an activating group) is 1. The van der Waals surface area contributed by atoms with E-state index in [1.54, 1.807) is 0 Å².